The van der Waals surface area contributed by atoms with Crippen molar-refractivity contribution in [3.05, 3.63) is 30.6 Å². The van der Waals surface area contributed by atoms with E-state index >= 15 is 0 Å². The number of carbonyl (C=O) groups excluding carboxylic acids is 1. The van der Waals surface area contributed by atoms with Crippen molar-refractivity contribution in [1.29, 1.82) is 0 Å². The Hall–Kier alpha value is -1.38. The van der Waals surface area contributed by atoms with Crippen LogP contribution in [0.15, 0.2) is 30.6 Å². The quantitative estimate of drug-likeness (QED) is 0.770. The fourth-order valence-electron chi connectivity index (χ4n) is 0.664. The first-order valence-electron chi connectivity index (χ1n) is 4.40. The van der Waals surface area contributed by atoms with E-state index in [4.69, 9.17) is 5.73 Å². The molecule has 2 N–H and O–H groups in total. The topological polar surface area (TPSA) is 56.0 Å². The Balaban J connectivity index is 0.000000223. The van der Waals surface area contributed by atoms with Gasteiger partial charge in [0.1, 0.15) is 0 Å². The SMILES string of the molecule is CCCCC(N)=O.c1ccncc1. The maximum atomic E-state index is 9.98. The van der Waals surface area contributed by atoms with Crippen LogP contribution >= 0.6 is 0 Å². The van der Waals surface area contributed by atoms with Crippen LogP contribution in [0.4, 0.5) is 0 Å². The molecular weight excluding hydrogens is 164 g/mol. The second-order valence-electron chi connectivity index (χ2n) is 2.59. The van der Waals surface area contributed by atoms with Gasteiger partial charge in [-0.05, 0) is 18.6 Å². The summed E-state index contributed by atoms with van der Waals surface area (Å²) in [5, 5.41) is 0. The van der Waals surface area contributed by atoms with Crippen LogP contribution in [-0.4, -0.2) is 10.9 Å². The average molecular weight is 180 g/mol. The Bertz CT molecular complexity index is 185. The molecule has 0 saturated heterocycles. The van der Waals surface area contributed by atoms with Crippen LogP contribution < -0.4 is 5.73 Å². The van der Waals surface area contributed by atoms with Gasteiger partial charge < -0.3 is 5.73 Å². The third kappa shape index (κ3) is 10.6. The summed E-state index contributed by atoms with van der Waals surface area (Å²) < 4.78 is 0. The van der Waals surface area contributed by atoms with Crippen molar-refractivity contribution in [3.8, 4) is 0 Å². The van der Waals surface area contributed by atoms with Crippen molar-refractivity contribution < 1.29 is 4.79 Å². The molecule has 0 unspecified atom stereocenters. The minimum atomic E-state index is -0.193. The predicted octanol–water partition coefficient (Wildman–Crippen LogP) is 1.74. The van der Waals surface area contributed by atoms with Crippen LogP contribution in [-0.2, 0) is 4.79 Å². The van der Waals surface area contributed by atoms with Crippen LogP contribution in [0.25, 0.3) is 0 Å². The van der Waals surface area contributed by atoms with E-state index < -0.39 is 0 Å². The summed E-state index contributed by atoms with van der Waals surface area (Å²) in [6.07, 6.45) is 6.01. The van der Waals surface area contributed by atoms with Gasteiger partial charge in [-0.15, -0.1) is 0 Å². The van der Waals surface area contributed by atoms with Crippen LogP contribution in [0.1, 0.15) is 26.2 Å². The lowest BCUT2D eigenvalue weighted by Gasteiger charge is -1.86. The van der Waals surface area contributed by atoms with Crippen LogP contribution in [0.5, 0.6) is 0 Å². The molecule has 1 aromatic rings. The molecule has 0 radical (unpaired) electrons. The van der Waals surface area contributed by atoms with Crippen molar-refractivity contribution in [1.82, 2.24) is 4.98 Å². The van der Waals surface area contributed by atoms with Gasteiger partial charge in [0.25, 0.3) is 0 Å². The number of pyridine rings is 1. The summed E-state index contributed by atoms with van der Waals surface area (Å²) in [7, 11) is 0. The number of unbranched alkanes of at least 4 members (excludes halogenated alkanes) is 1. The van der Waals surface area contributed by atoms with Gasteiger partial charge in [-0.2, -0.15) is 0 Å². The zero-order valence-corrected chi connectivity index (χ0v) is 7.94. The van der Waals surface area contributed by atoms with Gasteiger partial charge in [-0.1, -0.05) is 19.4 Å². The number of primary amides is 1. The Morgan fingerprint density at radius 3 is 2.08 bits per heavy atom. The summed E-state index contributed by atoms with van der Waals surface area (Å²) in [5.41, 5.74) is 4.84. The fraction of sp³-hybridized carbons (Fsp3) is 0.400. The highest BCUT2D eigenvalue weighted by molar-refractivity contribution is 5.73. The molecule has 0 fully saturated rings. The molecule has 3 nitrogen and oxygen atoms in total. The lowest BCUT2D eigenvalue weighted by molar-refractivity contribution is -0.118. The molecule has 0 aliphatic carbocycles. The van der Waals surface area contributed by atoms with E-state index in [1.165, 1.54) is 0 Å². The Morgan fingerprint density at radius 2 is 1.92 bits per heavy atom. The van der Waals surface area contributed by atoms with E-state index in [2.05, 4.69) is 4.98 Å². The highest BCUT2D eigenvalue weighted by atomic mass is 16.1. The monoisotopic (exact) mass is 180 g/mol. The molecule has 0 bridgehead atoms. The number of hydrogen-bond donors (Lipinski definition) is 1. The number of nitrogens with zero attached hydrogens (tertiary/aromatic N) is 1. The first-order valence-corrected chi connectivity index (χ1v) is 4.40. The summed E-state index contributed by atoms with van der Waals surface area (Å²) >= 11 is 0. The van der Waals surface area contributed by atoms with Crippen molar-refractivity contribution in [2.75, 3.05) is 0 Å². The third-order valence-electron chi connectivity index (χ3n) is 1.34. The van der Waals surface area contributed by atoms with E-state index in [-0.39, 0.29) is 5.91 Å². The molecule has 0 atom stereocenters. The molecule has 72 valence electrons. The second kappa shape index (κ2) is 8.71. The van der Waals surface area contributed by atoms with Crippen LogP contribution in [0.2, 0.25) is 0 Å². The molecule has 13 heavy (non-hydrogen) atoms. The average Bonchev–Trinajstić information content (AvgIpc) is 2.18. The van der Waals surface area contributed by atoms with E-state index in [0.29, 0.717) is 6.42 Å². The van der Waals surface area contributed by atoms with Crippen molar-refractivity contribution in [2.45, 2.75) is 26.2 Å². The number of hydrogen-bond acceptors (Lipinski definition) is 2. The Kier molecular flexibility index (Phi) is 7.79. The van der Waals surface area contributed by atoms with Gasteiger partial charge in [0, 0.05) is 18.8 Å². The number of nitrogens with two attached hydrogens (primary N) is 1. The fourth-order valence-corrected chi connectivity index (χ4v) is 0.664. The molecule has 3 heteroatoms. The lowest BCUT2D eigenvalue weighted by atomic mass is 10.2. The van der Waals surface area contributed by atoms with E-state index in [9.17, 15) is 4.79 Å². The highest BCUT2D eigenvalue weighted by Crippen LogP contribution is 1.89. The maximum Gasteiger partial charge on any atom is 0.217 e. The van der Waals surface area contributed by atoms with Gasteiger partial charge in [0.05, 0.1) is 0 Å². The molecule has 0 spiro atoms. The zero-order valence-electron chi connectivity index (χ0n) is 7.94. The molecule has 0 aliphatic rings. The van der Waals surface area contributed by atoms with E-state index in [1.54, 1.807) is 12.4 Å². The largest absolute Gasteiger partial charge is 0.370 e. The molecule has 1 rings (SSSR count). The van der Waals surface area contributed by atoms with Crippen LogP contribution in [0.3, 0.4) is 0 Å². The van der Waals surface area contributed by atoms with Crippen molar-refractivity contribution in [2.24, 2.45) is 5.73 Å². The highest BCUT2D eigenvalue weighted by Gasteiger charge is 1.88. The number of carbonyl (C=O) groups is 1. The van der Waals surface area contributed by atoms with E-state index in [1.807, 2.05) is 25.1 Å². The van der Waals surface area contributed by atoms with Crippen LogP contribution in [0, 0.1) is 0 Å². The van der Waals surface area contributed by atoms with Gasteiger partial charge in [-0.25, -0.2) is 0 Å². The zero-order chi connectivity index (χ0) is 9.94. The normalized spacial score (nSPS) is 8.38. The molecule has 0 saturated carbocycles. The summed E-state index contributed by atoms with van der Waals surface area (Å²) in [6.45, 7) is 2.03. The molecule has 0 aromatic carbocycles. The third-order valence-corrected chi connectivity index (χ3v) is 1.34. The first-order chi connectivity index (χ1) is 6.27. The minimum Gasteiger partial charge on any atom is -0.370 e. The molecule has 1 aromatic heterocycles. The Labute approximate surface area is 79.0 Å². The lowest BCUT2D eigenvalue weighted by Crippen LogP contribution is -2.09. The molecule has 1 amide bonds. The standard InChI is InChI=1S/C5H11NO.C5H5N/c1-2-3-4-5(6)7;1-2-4-6-5-3-1/h2-4H2,1H3,(H2,6,7);1-5H. The maximum absolute atomic E-state index is 9.98. The number of amides is 1. The van der Waals surface area contributed by atoms with Crippen molar-refractivity contribution in [3.63, 3.8) is 0 Å². The van der Waals surface area contributed by atoms with Gasteiger partial charge in [0.2, 0.25) is 5.91 Å². The van der Waals surface area contributed by atoms with Gasteiger partial charge >= 0.3 is 0 Å². The molecule has 0 aliphatic heterocycles. The molecular formula is C10H16N2O. The van der Waals surface area contributed by atoms with E-state index in [0.717, 1.165) is 12.8 Å². The van der Waals surface area contributed by atoms with Crippen molar-refractivity contribution >= 4 is 5.91 Å². The summed E-state index contributed by atoms with van der Waals surface area (Å²) in [4.78, 5) is 13.8. The predicted molar refractivity (Wildman–Crippen MR) is 53.0 cm³/mol. The second-order valence-corrected chi connectivity index (χ2v) is 2.59. The minimum absolute atomic E-state index is 0.193. The smallest absolute Gasteiger partial charge is 0.217 e. The Morgan fingerprint density at radius 1 is 1.31 bits per heavy atom. The summed E-state index contributed by atoms with van der Waals surface area (Å²) in [6, 6.07) is 5.72. The van der Waals surface area contributed by atoms with Gasteiger partial charge in [0.15, 0.2) is 0 Å². The first kappa shape index (κ1) is 11.6. The van der Waals surface area contributed by atoms with Gasteiger partial charge in [-0.3, -0.25) is 9.78 Å². The number of aromatic nitrogens is 1. The number of rotatable bonds is 3. The summed E-state index contributed by atoms with van der Waals surface area (Å²) in [5.74, 6) is -0.193. The molecule has 1 heterocycles.